The highest BCUT2D eigenvalue weighted by atomic mass is 127. The quantitative estimate of drug-likeness (QED) is 0.817. The van der Waals surface area contributed by atoms with Crippen molar-refractivity contribution in [3.05, 3.63) is 27.8 Å². The maximum absolute atomic E-state index is 3.61. The van der Waals surface area contributed by atoms with Crippen LogP contribution in [0.3, 0.4) is 0 Å². The average Bonchev–Trinajstić information content (AvgIpc) is 2.56. The van der Waals surface area contributed by atoms with Crippen LogP contribution in [-0.2, 0) is 0 Å². The molecule has 0 amide bonds. The van der Waals surface area contributed by atoms with E-state index in [1.165, 1.54) is 28.5 Å². The number of anilines is 1. The van der Waals surface area contributed by atoms with Gasteiger partial charge in [0, 0.05) is 15.3 Å². The van der Waals surface area contributed by atoms with Gasteiger partial charge in [-0.05, 0) is 65.6 Å². The first kappa shape index (κ1) is 10.3. The second-order valence-corrected chi connectivity index (χ2v) is 5.41. The van der Waals surface area contributed by atoms with Gasteiger partial charge in [-0.15, -0.1) is 0 Å². The second kappa shape index (κ2) is 4.51. The van der Waals surface area contributed by atoms with E-state index in [1.54, 1.807) is 0 Å². The molecule has 2 unspecified atom stereocenters. The fourth-order valence-electron chi connectivity index (χ4n) is 2.12. The van der Waals surface area contributed by atoms with Gasteiger partial charge in [-0.3, -0.25) is 0 Å². The number of rotatable bonds is 2. The van der Waals surface area contributed by atoms with Gasteiger partial charge < -0.3 is 5.32 Å². The van der Waals surface area contributed by atoms with Crippen molar-refractivity contribution in [2.45, 2.75) is 32.2 Å². The Balaban J connectivity index is 2.00. The molecule has 2 atom stereocenters. The van der Waals surface area contributed by atoms with Crippen LogP contribution >= 0.6 is 22.6 Å². The Morgan fingerprint density at radius 1 is 1.21 bits per heavy atom. The summed E-state index contributed by atoms with van der Waals surface area (Å²) < 4.78 is 1.30. The Morgan fingerprint density at radius 3 is 2.50 bits per heavy atom. The van der Waals surface area contributed by atoms with Gasteiger partial charge >= 0.3 is 0 Å². The van der Waals surface area contributed by atoms with Gasteiger partial charge in [0.2, 0.25) is 0 Å². The molecule has 1 aromatic carbocycles. The molecule has 1 aromatic rings. The molecule has 2 rings (SSSR count). The van der Waals surface area contributed by atoms with Crippen molar-refractivity contribution in [1.29, 1.82) is 0 Å². The molecule has 2 heteroatoms. The van der Waals surface area contributed by atoms with Crippen LogP contribution in [0.5, 0.6) is 0 Å². The van der Waals surface area contributed by atoms with Crippen LogP contribution < -0.4 is 5.32 Å². The highest BCUT2D eigenvalue weighted by Gasteiger charge is 2.22. The van der Waals surface area contributed by atoms with E-state index in [1.807, 2.05) is 0 Å². The van der Waals surface area contributed by atoms with E-state index in [-0.39, 0.29) is 0 Å². The molecule has 1 nitrogen and oxygen atoms in total. The maximum Gasteiger partial charge on any atom is 0.0343 e. The zero-order valence-electron chi connectivity index (χ0n) is 8.46. The monoisotopic (exact) mass is 301 g/mol. The van der Waals surface area contributed by atoms with Gasteiger partial charge in [0.1, 0.15) is 0 Å². The van der Waals surface area contributed by atoms with Crippen LogP contribution in [0.15, 0.2) is 24.3 Å². The molecule has 0 aromatic heterocycles. The van der Waals surface area contributed by atoms with E-state index < -0.39 is 0 Å². The summed E-state index contributed by atoms with van der Waals surface area (Å²) in [5.41, 5.74) is 1.27. The summed E-state index contributed by atoms with van der Waals surface area (Å²) in [4.78, 5) is 0. The van der Waals surface area contributed by atoms with Crippen molar-refractivity contribution in [2.24, 2.45) is 5.92 Å². The zero-order valence-corrected chi connectivity index (χ0v) is 10.6. The summed E-state index contributed by atoms with van der Waals surface area (Å²) in [6.07, 6.45) is 4.08. The van der Waals surface area contributed by atoms with Crippen molar-refractivity contribution in [1.82, 2.24) is 0 Å². The summed E-state index contributed by atoms with van der Waals surface area (Å²) in [6, 6.07) is 9.35. The van der Waals surface area contributed by atoms with Gasteiger partial charge in [-0.1, -0.05) is 13.3 Å². The van der Waals surface area contributed by atoms with Crippen LogP contribution in [0.1, 0.15) is 26.2 Å². The first-order valence-electron chi connectivity index (χ1n) is 5.28. The summed E-state index contributed by atoms with van der Waals surface area (Å²) >= 11 is 2.34. The van der Waals surface area contributed by atoms with Crippen LogP contribution in [0.2, 0.25) is 0 Å². The fourth-order valence-corrected chi connectivity index (χ4v) is 2.48. The SMILES string of the molecule is CC1CCCC1Nc1ccc(I)cc1. The minimum absolute atomic E-state index is 0.690. The number of benzene rings is 1. The standard InChI is InChI=1S/C12H16IN/c1-9-3-2-4-12(9)14-11-7-5-10(13)6-8-11/h5-9,12,14H,2-4H2,1H3. The number of nitrogens with one attached hydrogen (secondary N) is 1. The molecule has 1 N–H and O–H groups in total. The largest absolute Gasteiger partial charge is 0.382 e. The van der Waals surface area contributed by atoms with E-state index in [4.69, 9.17) is 0 Å². The maximum atomic E-state index is 3.61. The topological polar surface area (TPSA) is 12.0 Å². The molecular weight excluding hydrogens is 285 g/mol. The summed E-state index contributed by atoms with van der Waals surface area (Å²) in [7, 11) is 0. The lowest BCUT2D eigenvalue weighted by molar-refractivity contribution is 0.556. The van der Waals surface area contributed by atoms with Crippen molar-refractivity contribution >= 4 is 28.3 Å². The molecule has 1 aliphatic rings. The summed E-state index contributed by atoms with van der Waals surface area (Å²) in [6.45, 7) is 2.34. The normalized spacial score (nSPS) is 26.4. The third kappa shape index (κ3) is 2.41. The predicted octanol–water partition coefficient (Wildman–Crippen LogP) is 3.89. The van der Waals surface area contributed by atoms with Crippen LogP contribution in [0.25, 0.3) is 0 Å². The Hall–Kier alpha value is -0.250. The van der Waals surface area contributed by atoms with E-state index in [0.29, 0.717) is 6.04 Å². The Bertz CT molecular complexity index is 294. The Kier molecular flexibility index (Phi) is 3.31. The molecule has 0 heterocycles. The highest BCUT2D eigenvalue weighted by molar-refractivity contribution is 14.1. The molecule has 76 valence electrons. The lowest BCUT2D eigenvalue weighted by Crippen LogP contribution is -2.21. The lowest BCUT2D eigenvalue weighted by atomic mass is 10.1. The van der Waals surface area contributed by atoms with Crippen LogP contribution in [0, 0.1) is 9.49 Å². The molecule has 14 heavy (non-hydrogen) atoms. The summed E-state index contributed by atoms with van der Waals surface area (Å²) in [5, 5.41) is 3.61. The fraction of sp³-hybridized carbons (Fsp3) is 0.500. The lowest BCUT2D eigenvalue weighted by Gasteiger charge is -2.18. The van der Waals surface area contributed by atoms with Crippen LogP contribution in [-0.4, -0.2) is 6.04 Å². The van der Waals surface area contributed by atoms with E-state index in [2.05, 4.69) is 59.1 Å². The third-order valence-corrected chi connectivity index (χ3v) is 3.78. The summed E-state index contributed by atoms with van der Waals surface area (Å²) in [5.74, 6) is 0.828. The van der Waals surface area contributed by atoms with Gasteiger partial charge in [0.05, 0.1) is 0 Å². The number of halogens is 1. The van der Waals surface area contributed by atoms with Gasteiger partial charge in [-0.2, -0.15) is 0 Å². The van der Waals surface area contributed by atoms with Gasteiger partial charge in [-0.25, -0.2) is 0 Å². The molecule has 0 spiro atoms. The van der Waals surface area contributed by atoms with E-state index in [0.717, 1.165) is 5.92 Å². The minimum atomic E-state index is 0.690. The highest BCUT2D eigenvalue weighted by Crippen LogP contribution is 2.27. The molecule has 0 saturated heterocycles. The van der Waals surface area contributed by atoms with Crippen LogP contribution in [0.4, 0.5) is 5.69 Å². The molecule has 1 aliphatic carbocycles. The van der Waals surface area contributed by atoms with Gasteiger partial charge in [0.25, 0.3) is 0 Å². The molecule has 0 bridgehead atoms. The molecule has 1 fully saturated rings. The minimum Gasteiger partial charge on any atom is -0.382 e. The Morgan fingerprint density at radius 2 is 1.93 bits per heavy atom. The van der Waals surface area contributed by atoms with Crippen molar-refractivity contribution in [2.75, 3.05) is 5.32 Å². The predicted molar refractivity (Wildman–Crippen MR) is 69.6 cm³/mol. The molecular formula is C12H16IN. The number of hydrogen-bond acceptors (Lipinski definition) is 1. The van der Waals surface area contributed by atoms with E-state index >= 15 is 0 Å². The second-order valence-electron chi connectivity index (χ2n) is 4.17. The Labute approximate surface area is 99.4 Å². The van der Waals surface area contributed by atoms with Crippen molar-refractivity contribution in [3.8, 4) is 0 Å². The molecule has 1 saturated carbocycles. The smallest absolute Gasteiger partial charge is 0.0343 e. The molecule has 0 aliphatic heterocycles. The number of hydrogen-bond donors (Lipinski definition) is 1. The first-order chi connectivity index (χ1) is 6.75. The van der Waals surface area contributed by atoms with Crippen molar-refractivity contribution in [3.63, 3.8) is 0 Å². The zero-order chi connectivity index (χ0) is 9.97. The first-order valence-corrected chi connectivity index (χ1v) is 6.35. The van der Waals surface area contributed by atoms with E-state index in [9.17, 15) is 0 Å². The van der Waals surface area contributed by atoms with Gasteiger partial charge in [0.15, 0.2) is 0 Å². The third-order valence-electron chi connectivity index (χ3n) is 3.06. The van der Waals surface area contributed by atoms with Crippen molar-refractivity contribution < 1.29 is 0 Å². The average molecular weight is 301 g/mol. The molecule has 0 radical (unpaired) electrons.